The molecule has 0 amide bonds. The minimum absolute atomic E-state index is 0.242. The van der Waals surface area contributed by atoms with Crippen molar-refractivity contribution in [1.29, 1.82) is 0 Å². The fourth-order valence-corrected chi connectivity index (χ4v) is 3.91. The van der Waals surface area contributed by atoms with Crippen LogP contribution in [-0.2, 0) is 19.1 Å². The number of carbonyl (C=O) groups excluding carboxylic acids is 2. The van der Waals surface area contributed by atoms with Crippen LogP contribution >= 0.6 is 0 Å². The zero-order chi connectivity index (χ0) is 22.0. The van der Waals surface area contributed by atoms with E-state index in [9.17, 15) is 9.59 Å². The van der Waals surface area contributed by atoms with Gasteiger partial charge in [0.25, 0.3) is 0 Å². The van der Waals surface area contributed by atoms with Crippen molar-refractivity contribution in [3.8, 4) is 0 Å². The third-order valence-corrected chi connectivity index (χ3v) is 5.80. The number of carbonyl (C=O) groups is 2. The first-order valence-electron chi connectivity index (χ1n) is 12.6. The highest BCUT2D eigenvalue weighted by molar-refractivity contribution is 5.83. The number of hydrogen-bond acceptors (Lipinski definition) is 4. The van der Waals surface area contributed by atoms with Crippen LogP contribution in [0, 0.1) is 17.8 Å². The normalized spacial score (nSPS) is 18.5. The van der Waals surface area contributed by atoms with Crippen LogP contribution in [0.25, 0.3) is 0 Å². The van der Waals surface area contributed by atoms with Crippen LogP contribution in [0.1, 0.15) is 111 Å². The molecule has 0 saturated carbocycles. The largest absolute Gasteiger partial charge is 0.465 e. The van der Waals surface area contributed by atoms with Crippen molar-refractivity contribution in [2.45, 2.75) is 111 Å². The lowest BCUT2D eigenvalue weighted by Gasteiger charge is -2.25. The van der Waals surface area contributed by atoms with Crippen molar-refractivity contribution in [1.82, 2.24) is 0 Å². The Kier molecular flexibility index (Phi) is 15.5. The highest BCUT2D eigenvalue weighted by atomic mass is 16.5. The molecule has 0 aliphatic heterocycles. The first-order chi connectivity index (χ1) is 14.6. The number of unbranched alkanes of at least 4 members (excludes halogenated alkanes) is 11. The van der Waals surface area contributed by atoms with E-state index in [1.165, 1.54) is 64.2 Å². The second-order valence-corrected chi connectivity index (χ2v) is 9.22. The molecule has 0 spiro atoms. The van der Waals surface area contributed by atoms with Gasteiger partial charge in [-0.3, -0.25) is 9.59 Å². The zero-order valence-corrected chi connectivity index (χ0v) is 19.8. The van der Waals surface area contributed by atoms with Gasteiger partial charge in [-0.05, 0) is 25.2 Å². The lowest BCUT2D eigenvalue weighted by atomic mass is 9.84. The van der Waals surface area contributed by atoms with E-state index in [-0.39, 0.29) is 17.9 Å². The van der Waals surface area contributed by atoms with Gasteiger partial charge in [-0.1, -0.05) is 104 Å². The highest BCUT2D eigenvalue weighted by Crippen LogP contribution is 2.27. The Labute approximate surface area is 185 Å². The van der Waals surface area contributed by atoms with E-state index in [0.29, 0.717) is 19.6 Å². The molecule has 2 unspecified atom stereocenters. The van der Waals surface area contributed by atoms with Crippen molar-refractivity contribution in [2.24, 2.45) is 17.8 Å². The first kappa shape index (κ1) is 26.7. The third kappa shape index (κ3) is 12.4. The van der Waals surface area contributed by atoms with E-state index in [2.05, 4.69) is 6.92 Å². The van der Waals surface area contributed by atoms with Gasteiger partial charge < -0.3 is 9.47 Å². The van der Waals surface area contributed by atoms with Crippen molar-refractivity contribution in [3.63, 3.8) is 0 Å². The van der Waals surface area contributed by atoms with Crippen LogP contribution in [0.4, 0.5) is 0 Å². The Morgan fingerprint density at radius 1 is 0.833 bits per heavy atom. The van der Waals surface area contributed by atoms with Gasteiger partial charge in [-0.2, -0.15) is 0 Å². The minimum Gasteiger partial charge on any atom is -0.465 e. The zero-order valence-electron chi connectivity index (χ0n) is 19.8. The molecule has 0 aromatic rings. The van der Waals surface area contributed by atoms with Gasteiger partial charge in [0, 0.05) is 0 Å². The molecule has 0 aromatic heterocycles. The summed E-state index contributed by atoms with van der Waals surface area (Å²) in [6.45, 7) is 7.12. The maximum Gasteiger partial charge on any atom is 0.313 e. The Balaban J connectivity index is 2.08. The first-order valence-corrected chi connectivity index (χ1v) is 12.6. The topological polar surface area (TPSA) is 52.6 Å². The summed E-state index contributed by atoms with van der Waals surface area (Å²) in [6.07, 6.45) is 20.7. The smallest absolute Gasteiger partial charge is 0.313 e. The average Bonchev–Trinajstić information content (AvgIpc) is 2.75. The molecule has 1 aliphatic rings. The fourth-order valence-electron chi connectivity index (χ4n) is 3.91. The number of ether oxygens (including phenoxy) is 2. The Morgan fingerprint density at radius 3 is 1.97 bits per heavy atom. The highest BCUT2D eigenvalue weighted by Gasteiger charge is 2.35. The average molecular weight is 423 g/mol. The van der Waals surface area contributed by atoms with Gasteiger partial charge in [0.15, 0.2) is 0 Å². The molecule has 0 N–H and O–H groups in total. The molecule has 0 fully saturated rings. The van der Waals surface area contributed by atoms with Crippen LogP contribution in [0.5, 0.6) is 0 Å². The molecule has 174 valence electrons. The van der Waals surface area contributed by atoms with E-state index < -0.39 is 11.8 Å². The van der Waals surface area contributed by atoms with Crippen LogP contribution < -0.4 is 0 Å². The molecule has 0 bridgehead atoms. The maximum atomic E-state index is 12.5. The Hall–Kier alpha value is -1.32. The van der Waals surface area contributed by atoms with Gasteiger partial charge >= 0.3 is 11.9 Å². The SMILES string of the molecule is CCCCCCCCCCCCCCOC(=O)C1CCC=CC1C(=O)OCC(C)C. The van der Waals surface area contributed by atoms with Crippen molar-refractivity contribution >= 4 is 11.9 Å². The van der Waals surface area contributed by atoms with Crippen LogP contribution in [-0.4, -0.2) is 25.2 Å². The molecule has 1 rings (SSSR count). The molecule has 0 radical (unpaired) electrons. The molecule has 1 aliphatic carbocycles. The van der Waals surface area contributed by atoms with Crippen LogP contribution in [0.2, 0.25) is 0 Å². The summed E-state index contributed by atoms with van der Waals surface area (Å²) in [4.78, 5) is 24.8. The molecule has 4 nitrogen and oxygen atoms in total. The predicted molar refractivity (Wildman–Crippen MR) is 123 cm³/mol. The van der Waals surface area contributed by atoms with Crippen molar-refractivity contribution in [3.05, 3.63) is 12.2 Å². The summed E-state index contributed by atoms with van der Waals surface area (Å²) in [6, 6.07) is 0. The quantitative estimate of drug-likeness (QED) is 0.144. The molecule has 30 heavy (non-hydrogen) atoms. The van der Waals surface area contributed by atoms with E-state index in [0.717, 1.165) is 19.3 Å². The summed E-state index contributed by atoms with van der Waals surface area (Å²) in [7, 11) is 0. The summed E-state index contributed by atoms with van der Waals surface area (Å²) in [5, 5.41) is 0. The minimum atomic E-state index is -0.494. The van der Waals surface area contributed by atoms with E-state index in [4.69, 9.17) is 9.47 Å². The monoisotopic (exact) mass is 422 g/mol. The standard InChI is InChI=1S/C26H46O4/c1-4-5-6-7-8-9-10-11-12-13-14-17-20-29-25(27)23-18-15-16-19-24(23)26(28)30-21-22(2)3/h16,19,22-24H,4-15,17-18,20-21H2,1-3H3. The molecular formula is C26H46O4. The third-order valence-electron chi connectivity index (χ3n) is 5.80. The lowest BCUT2D eigenvalue weighted by Crippen LogP contribution is -2.33. The Morgan fingerprint density at radius 2 is 1.40 bits per heavy atom. The Bertz CT molecular complexity index is 483. The summed E-state index contributed by atoms with van der Waals surface area (Å²) >= 11 is 0. The number of hydrogen-bond donors (Lipinski definition) is 0. The molecule has 2 atom stereocenters. The van der Waals surface area contributed by atoms with Crippen LogP contribution in [0.3, 0.4) is 0 Å². The molecule has 4 heteroatoms. The number of allylic oxidation sites excluding steroid dienone is 1. The summed E-state index contributed by atoms with van der Waals surface area (Å²) in [5.41, 5.74) is 0. The number of rotatable bonds is 17. The van der Waals surface area contributed by atoms with Crippen molar-refractivity contribution < 1.29 is 19.1 Å². The predicted octanol–water partition coefficient (Wildman–Crippen LogP) is 7.01. The van der Waals surface area contributed by atoms with E-state index >= 15 is 0 Å². The van der Waals surface area contributed by atoms with Gasteiger partial charge in [0.05, 0.1) is 25.0 Å². The molecule has 0 saturated heterocycles. The van der Waals surface area contributed by atoms with Gasteiger partial charge in [-0.25, -0.2) is 0 Å². The molecule has 0 heterocycles. The lowest BCUT2D eigenvalue weighted by molar-refractivity contribution is -0.160. The summed E-state index contributed by atoms with van der Waals surface area (Å²) < 4.78 is 10.8. The summed E-state index contributed by atoms with van der Waals surface area (Å²) in [5.74, 6) is -1.14. The van der Waals surface area contributed by atoms with Crippen molar-refractivity contribution in [2.75, 3.05) is 13.2 Å². The van der Waals surface area contributed by atoms with E-state index in [1.807, 2.05) is 26.0 Å². The number of esters is 2. The van der Waals surface area contributed by atoms with Crippen LogP contribution in [0.15, 0.2) is 12.2 Å². The van der Waals surface area contributed by atoms with Gasteiger partial charge in [0.2, 0.25) is 0 Å². The molecule has 0 aromatic carbocycles. The van der Waals surface area contributed by atoms with Gasteiger partial charge in [0.1, 0.15) is 0 Å². The second-order valence-electron chi connectivity index (χ2n) is 9.22. The van der Waals surface area contributed by atoms with E-state index in [1.54, 1.807) is 0 Å². The van der Waals surface area contributed by atoms with Gasteiger partial charge in [-0.15, -0.1) is 0 Å². The second kappa shape index (κ2) is 17.4. The fraction of sp³-hybridized carbons (Fsp3) is 0.846. The molecular weight excluding hydrogens is 376 g/mol. The maximum absolute atomic E-state index is 12.5.